The third kappa shape index (κ3) is 5.11. The number of nitrogens with zero attached hydrogens (tertiary/aromatic N) is 1. The second-order valence-electron chi connectivity index (χ2n) is 5.35. The van der Waals surface area contributed by atoms with Gasteiger partial charge in [-0.15, -0.1) is 0 Å². The predicted octanol–water partition coefficient (Wildman–Crippen LogP) is 2.88. The zero-order chi connectivity index (χ0) is 16.5. The lowest BCUT2D eigenvalue weighted by Crippen LogP contribution is -2.30. The fourth-order valence-corrected chi connectivity index (χ4v) is 2.42. The van der Waals surface area contributed by atoms with Crippen LogP contribution in [0.15, 0.2) is 54.6 Å². The van der Waals surface area contributed by atoms with Crippen LogP contribution >= 0.6 is 0 Å². The molecule has 4 heteroatoms. The van der Waals surface area contributed by atoms with Gasteiger partial charge in [-0.05, 0) is 36.7 Å². The molecule has 0 atom stereocenters. The highest BCUT2D eigenvalue weighted by molar-refractivity contribution is 5.92. The quantitative estimate of drug-likeness (QED) is 0.762. The van der Waals surface area contributed by atoms with Crippen molar-refractivity contribution in [1.29, 1.82) is 0 Å². The third-order valence-electron chi connectivity index (χ3n) is 3.80. The van der Waals surface area contributed by atoms with E-state index in [1.165, 1.54) is 5.56 Å². The highest BCUT2D eigenvalue weighted by Crippen LogP contribution is 2.17. The summed E-state index contributed by atoms with van der Waals surface area (Å²) in [5, 5.41) is 3.32. The molecular weight excluding hydrogens is 288 g/mol. The molecule has 0 aromatic heterocycles. The Labute approximate surface area is 138 Å². The number of hydrogen-bond acceptors (Lipinski definition) is 3. The molecule has 4 nitrogen and oxygen atoms in total. The fourth-order valence-electron chi connectivity index (χ4n) is 2.42. The largest absolute Gasteiger partial charge is 0.496 e. The first-order valence-corrected chi connectivity index (χ1v) is 7.86. The van der Waals surface area contributed by atoms with Gasteiger partial charge in [0, 0.05) is 25.7 Å². The molecule has 122 valence electrons. The van der Waals surface area contributed by atoms with Crippen LogP contribution in [-0.2, 0) is 11.2 Å². The topological polar surface area (TPSA) is 41.6 Å². The molecule has 0 spiro atoms. The van der Waals surface area contributed by atoms with E-state index in [9.17, 15) is 4.79 Å². The van der Waals surface area contributed by atoms with Crippen molar-refractivity contribution in [3.8, 4) is 5.75 Å². The van der Waals surface area contributed by atoms with Gasteiger partial charge in [-0.1, -0.05) is 36.4 Å². The zero-order valence-electron chi connectivity index (χ0n) is 13.8. The SMILES string of the molecule is COc1ccccc1CCNCCC(=O)N(C)c1ccccc1. The number of carbonyl (C=O) groups is 1. The number of rotatable bonds is 8. The van der Waals surface area contributed by atoms with Gasteiger partial charge >= 0.3 is 0 Å². The summed E-state index contributed by atoms with van der Waals surface area (Å²) in [7, 11) is 3.50. The Bertz CT molecular complexity index is 614. The maximum Gasteiger partial charge on any atom is 0.227 e. The van der Waals surface area contributed by atoms with Gasteiger partial charge in [-0.25, -0.2) is 0 Å². The molecule has 0 bridgehead atoms. The first-order chi connectivity index (χ1) is 11.2. The van der Waals surface area contributed by atoms with Gasteiger partial charge in [0.1, 0.15) is 5.75 Å². The molecule has 0 aliphatic heterocycles. The molecule has 0 aliphatic carbocycles. The van der Waals surface area contributed by atoms with Gasteiger partial charge < -0.3 is 15.0 Å². The van der Waals surface area contributed by atoms with E-state index in [0.717, 1.165) is 24.4 Å². The lowest BCUT2D eigenvalue weighted by molar-refractivity contribution is -0.118. The van der Waals surface area contributed by atoms with Crippen LogP contribution in [0, 0.1) is 0 Å². The van der Waals surface area contributed by atoms with Gasteiger partial charge in [0.15, 0.2) is 0 Å². The van der Waals surface area contributed by atoms with Crippen LogP contribution in [0.3, 0.4) is 0 Å². The molecule has 2 rings (SSSR count). The van der Waals surface area contributed by atoms with E-state index in [1.807, 2.05) is 55.6 Å². The van der Waals surface area contributed by atoms with E-state index in [-0.39, 0.29) is 5.91 Å². The van der Waals surface area contributed by atoms with Gasteiger partial charge in [0.05, 0.1) is 7.11 Å². The molecule has 0 saturated heterocycles. The lowest BCUT2D eigenvalue weighted by atomic mass is 10.1. The molecule has 1 N–H and O–H groups in total. The molecule has 2 aromatic rings. The zero-order valence-corrected chi connectivity index (χ0v) is 13.8. The van der Waals surface area contributed by atoms with Gasteiger partial charge in [0.25, 0.3) is 0 Å². The Hall–Kier alpha value is -2.33. The van der Waals surface area contributed by atoms with Crippen LogP contribution in [0.5, 0.6) is 5.75 Å². The highest BCUT2D eigenvalue weighted by atomic mass is 16.5. The number of carbonyl (C=O) groups excluding carboxylic acids is 1. The number of nitrogens with one attached hydrogen (secondary N) is 1. The molecule has 0 aliphatic rings. The molecule has 0 radical (unpaired) electrons. The van der Waals surface area contributed by atoms with Crippen molar-refractivity contribution < 1.29 is 9.53 Å². The summed E-state index contributed by atoms with van der Waals surface area (Å²) in [5.41, 5.74) is 2.10. The van der Waals surface area contributed by atoms with E-state index in [2.05, 4.69) is 11.4 Å². The lowest BCUT2D eigenvalue weighted by Gasteiger charge is -2.17. The van der Waals surface area contributed by atoms with Crippen LogP contribution < -0.4 is 15.0 Å². The van der Waals surface area contributed by atoms with E-state index in [1.54, 1.807) is 12.0 Å². The summed E-state index contributed by atoms with van der Waals surface area (Å²) in [6.45, 7) is 1.49. The van der Waals surface area contributed by atoms with Crippen LogP contribution in [0.2, 0.25) is 0 Å². The Morgan fingerprint density at radius 1 is 1.04 bits per heavy atom. The minimum absolute atomic E-state index is 0.112. The predicted molar refractivity (Wildman–Crippen MR) is 94.0 cm³/mol. The number of ether oxygens (including phenoxy) is 1. The molecule has 23 heavy (non-hydrogen) atoms. The number of benzene rings is 2. The van der Waals surface area contributed by atoms with Crippen LogP contribution in [0.25, 0.3) is 0 Å². The maximum atomic E-state index is 12.1. The molecule has 0 unspecified atom stereocenters. The number of amides is 1. The Morgan fingerprint density at radius 3 is 2.48 bits per heavy atom. The second-order valence-corrected chi connectivity index (χ2v) is 5.35. The monoisotopic (exact) mass is 312 g/mol. The van der Waals surface area contributed by atoms with Crippen molar-refractivity contribution in [1.82, 2.24) is 5.32 Å². The van der Waals surface area contributed by atoms with E-state index in [4.69, 9.17) is 4.74 Å². The molecule has 2 aromatic carbocycles. The van der Waals surface area contributed by atoms with Crippen LogP contribution in [-0.4, -0.2) is 33.2 Å². The second kappa shape index (κ2) is 8.96. The van der Waals surface area contributed by atoms with Crippen molar-refractivity contribution in [3.05, 3.63) is 60.2 Å². The average Bonchev–Trinajstić information content (AvgIpc) is 2.61. The van der Waals surface area contributed by atoms with Crippen LogP contribution in [0.4, 0.5) is 5.69 Å². The first-order valence-electron chi connectivity index (χ1n) is 7.86. The van der Waals surface area contributed by atoms with Crippen molar-refractivity contribution >= 4 is 11.6 Å². The summed E-state index contributed by atoms with van der Waals surface area (Å²) >= 11 is 0. The van der Waals surface area contributed by atoms with Gasteiger partial charge in [0.2, 0.25) is 5.91 Å². The smallest absolute Gasteiger partial charge is 0.227 e. The Balaban J connectivity index is 1.70. The summed E-state index contributed by atoms with van der Waals surface area (Å²) in [6.07, 6.45) is 1.37. The molecule has 0 saturated carbocycles. The van der Waals surface area contributed by atoms with Crippen molar-refractivity contribution in [2.75, 3.05) is 32.1 Å². The van der Waals surface area contributed by atoms with E-state index in [0.29, 0.717) is 13.0 Å². The summed E-state index contributed by atoms with van der Waals surface area (Å²) in [5.74, 6) is 1.02. The van der Waals surface area contributed by atoms with Crippen molar-refractivity contribution in [2.24, 2.45) is 0 Å². The van der Waals surface area contributed by atoms with E-state index >= 15 is 0 Å². The number of methoxy groups -OCH3 is 1. The van der Waals surface area contributed by atoms with E-state index < -0.39 is 0 Å². The highest BCUT2D eigenvalue weighted by Gasteiger charge is 2.09. The average molecular weight is 312 g/mol. The van der Waals surface area contributed by atoms with Gasteiger partial charge in [-0.3, -0.25) is 4.79 Å². The summed E-state index contributed by atoms with van der Waals surface area (Å²) in [6, 6.07) is 17.7. The normalized spacial score (nSPS) is 10.3. The third-order valence-corrected chi connectivity index (χ3v) is 3.80. The van der Waals surface area contributed by atoms with Crippen LogP contribution in [0.1, 0.15) is 12.0 Å². The van der Waals surface area contributed by atoms with Crippen molar-refractivity contribution in [2.45, 2.75) is 12.8 Å². The summed E-state index contributed by atoms with van der Waals surface area (Å²) in [4.78, 5) is 13.8. The fraction of sp³-hybridized carbons (Fsp3) is 0.316. The standard InChI is InChI=1S/C19H24N2O2/c1-21(17-9-4-3-5-10-17)19(22)13-15-20-14-12-16-8-6-7-11-18(16)23-2/h3-11,20H,12-15H2,1-2H3. The maximum absolute atomic E-state index is 12.1. The number of para-hydroxylation sites is 2. The Morgan fingerprint density at radius 2 is 1.74 bits per heavy atom. The minimum Gasteiger partial charge on any atom is -0.496 e. The van der Waals surface area contributed by atoms with Crippen molar-refractivity contribution in [3.63, 3.8) is 0 Å². The molecular formula is C19H24N2O2. The summed E-state index contributed by atoms with van der Waals surface area (Å²) < 4.78 is 5.33. The first kappa shape index (κ1) is 17.0. The van der Waals surface area contributed by atoms with Gasteiger partial charge in [-0.2, -0.15) is 0 Å². The minimum atomic E-state index is 0.112. The number of anilines is 1. The Kier molecular flexibility index (Phi) is 6.63. The molecule has 0 heterocycles. The molecule has 0 fully saturated rings. The number of hydrogen-bond donors (Lipinski definition) is 1. The molecule has 1 amide bonds.